The van der Waals surface area contributed by atoms with Gasteiger partial charge in [-0.15, -0.1) is 0 Å². The number of hydrogen-bond acceptors (Lipinski definition) is 4. The fourth-order valence-electron chi connectivity index (χ4n) is 4.63. The summed E-state index contributed by atoms with van der Waals surface area (Å²) in [5.41, 5.74) is 2.88. The molecule has 0 aliphatic heterocycles. The molecule has 0 spiro atoms. The van der Waals surface area contributed by atoms with E-state index in [-0.39, 0.29) is 12.1 Å². The third kappa shape index (κ3) is 5.72. The first-order valence-corrected chi connectivity index (χ1v) is 12.2. The minimum absolute atomic E-state index is 0.140. The van der Waals surface area contributed by atoms with E-state index in [2.05, 4.69) is 41.1 Å². The van der Waals surface area contributed by atoms with Gasteiger partial charge in [-0.05, 0) is 74.6 Å². The minimum atomic E-state index is -0.211. The maximum atomic E-state index is 12.7. The first kappa shape index (κ1) is 22.7. The highest BCUT2D eigenvalue weighted by molar-refractivity contribution is 5.91. The molecule has 6 heteroatoms. The summed E-state index contributed by atoms with van der Waals surface area (Å²) < 4.78 is 5.95. The van der Waals surface area contributed by atoms with Gasteiger partial charge >= 0.3 is 6.03 Å². The Morgan fingerprint density at radius 3 is 2.37 bits per heavy atom. The van der Waals surface area contributed by atoms with Crippen molar-refractivity contribution in [2.24, 2.45) is 0 Å². The van der Waals surface area contributed by atoms with Crippen LogP contribution < -0.4 is 20.7 Å². The van der Waals surface area contributed by atoms with Gasteiger partial charge < -0.3 is 20.7 Å². The summed E-state index contributed by atoms with van der Waals surface area (Å²) >= 11 is 0. The Morgan fingerprint density at radius 1 is 0.857 bits per heavy atom. The third-order valence-electron chi connectivity index (χ3n) is 6.44. The Labute approximate surface area is 205 Å². The number of aryl methyl sites for hydroxylation is 1. The Bertz CT molecular complexity index is 1300. The summed E-state index contributed by atoms with van der Waals surface area (Å²) in [6, 6.07) is 27.6. The highest BCUT2D eigenvalue weighted by atomic mass is 16.5. The fourth-order valence-corrected chi connectivity index (χ4v) is 4.63. The number of aromatic nitrogens is 1. The van der Waals surface area contributed by atoms with Gasteiger partial charge in [-0.1, -0.05) is 48.5 Å². The van der Waals surface area contributed by atoms with E-state index in [0.717, 1.165) is 42.8 Å². The number of anilines is 2. The van der Waals surface area contributed by atoms with E-state index in [9.17, 15) is 4.79 Å². The number of pyridine rings is 1. The number of urea groups is 1. The molecule has 0 unspecified atom stereocenters. The first-order chi connectivity index (χ1) is 17.1. The van der Waals surface area contributed by atoms with Crippen LogP contribution in [0, 0.1) is 6.92 Å². The molecule has 2 amide bonds. The lowest BCUT2D eigenvalue weighted by Gasteiger charge is -2.30. The van der Waals surface area contributed by atoms with Gasteiger partial charge in [-0.25, -0.2) is 9.78 Å². The van der Waals surface area contributed by atoms with Crippen LogP contribution in [0.5, 0.6) is 11.5 Å². The smallest absolute Gasteiger partial charge is 0.319 e. The number of hydrogen-bond donors (Lipinski definition) is 3. The number of nitrogens with one attached hydrogen (secondary N) is 3. The second kappa shape index (κ2) is 10.5. The van der Waals surface area contributed by atoms with Crippen molar-refractivity contribution in [2.75, 3.05) is 10.6 Å². The summed E-state index contributed by atoms with van der Waals surface area (Å²) in [5.74, 6) is 2.26. The molecule has 3 N–H and O–H groups in total. The second-order valence-electron chi connectivity index (χ2n) is 9.04. The normalized spacial score (nSPS) is 17.5. The van der Waals surface area contributed by atoms with Gasteiger partial charge in [0.15, 0.2) is 5.75 Å². The molecule has 4 aromatic rings. The van der Waals surface area contributed by atoms with Crippen molar-refractivity contribution < 1.29 is 9.53 Å². The molecule has 1 aliphatic carbocycles. The number of amides is 2. The van der Waals surface area contributed by atoms with E-state index in [0.29, 0.717) is 17.5 Å². The van der Waals surface area contributed by atoms with Gasteiger partial charge in [0.05, 0.1) is 11.2 Å². The lowest BCUT2D eigenvalue weighted by Crippen LogP contribution is -2.42. The van der Waals surface area contributed by atoms with Crippen LogP contribution in [0.25, 0.3) is 10.9 Å². The molecule has 1 aliphatic rings. The molecular weight excluding hydrogens is 436 g/mol. The second-order valence-corrected chi connectivity index (χ2v) is 9.04. The van der Waals surface area contributed by atoms with Crippen molar-refractivity contribution in [3.63, 3.8) is 0 Å². The van der Waals surface area contributed by atoms with Crippen molar-refractivity contribution in [3.05, 3.63) is 90.5 Å². The number of rotatable bonds is 6. The average Bonchev–Trinajstić information content (AvgIpc) is 2.87. The summed E-state index contributed by atoms with van der Waals surface area (Å²) in [6.07, 6.45) is 3.79. The minimum Gasteiger partial charge on any atom is -0.455 e. The van der Waals surface area contributed by atoms with Gasteiger partial charge in [0.2, 0.25) is 0 Å². The lowest BCUT2D eigenvalue weighted by molar-refractivity contribution is 0.243. The summed E-state index contributed by atoms with van der Waals surface area (Å²) in [6.45, 7) is 2.12. The SMILES string of the molecule is Cc1cc(N[C@H]2CC[C@@H](NC(=O)Nc3ccccc3Oc3ccccc3)CC2)nc2ccccc12. The maximum Gasteiger partial charge on any atom is 0.319 e. The van der Waals surface area contributed by atoms with Crippen LogP contribution in [0.2, 0.25) is 0 Å². The van der Waals surface area contributed by atoms with Gasteiger partial charge in [0.25, 0.3) is 0 Å². The maximum absolute atomic E-state index is 12.7. The van der Waals surface area contributed by atoms with Crippen LogP contribution in [0.4, 0.5) is 16.3 Å². The fraction of sp³-hybridized carbons (Fsp3) is 0.241. The number of fused-ring (bicyclic) bond motifs is 1. The predicted molar refractivity (Wildman–Crippen MR) is 141 cm³/mol. The zero-order chi connectivity index (χ0) is 24.0. The molecule has 0 saturated heterocycles. The summed E-state index contributed by atoms with van der Waals surface area (Å²) in [5, 5.41) is 10.9. The van der Waals surface area contributed by atoms with E-state index in [1.807, 2.05) is 66.7 Å². The van der Waals surface area contributed by atoms with Gasteiger partial charge in [-0.3, -0.25) is 0 Å². The third-order valence-corrected chi connectivity index (χ3v) is 6.44. The molecule has 1 fully saturated rings. The number of para-hydroxylation sites is 4. The molecule has 0 bridgehead atoms. The van der Waals surface area contributed by atoms with E-state index in [1.165, 1.54) is 10.9 Å². The summed E-state index contributed by atoms with van der Waals surface area (Å²) in [7, 11) is 0. The molecular formula is C29H30N4O2. The molecule has 1 aromatic heterocycles. The predicted octanol–water partition coefficient (Wildman–Crippen LogP) is 6.88. The largest absolute Gasteiger partial charge is 0.455 e. The van der Waals surface area contributed by atoms with Crippen LogP contribution in [-0.2, 0) is 0 Å². The Balaban J connectivity index is 1.13. The quantitative estimate of drug-likeness (QED) is 0.289. The van der Waals surface area contributed by atoms with Crippen LogP contribution in [-0.4, -0.2) is 23.1 Å². The zero-order valence-corrected chi connectivity index (χ0v) is 19.8. The molecule has 5 rings (SSSR count). The lowest BCUT2D eigenvalue weighted by atomic mass is 9.91. The van der Waals surface area contributed by atoms with Crippen molar-refractivity contribution in [3.8, 4) is 11.5 Å². The molecule has 1 heterocycles. The highest BCUT2D eigenvalue weighted by Gasteiger charge is 2.23. The number of carbonyl (C=O) groups is 1. The first-order valence-electron chi connectivity index (χ1n) is 12.2. The number of ether oxygens (including phenoxy) is 1. The van der Waals surface area contributed by atoms with E-state index in [4.69, 9.17) is 9.72 Å². The zero-order valence-electron chi connectivity index (χ0n) is 19.8. The van der Waals surface area contributed by atoms with Crippen molar-refractivity contribution in [2.45, 2.75) is 44.7 Å². The number of carbonyl (C=O) groups excluding carboxylic acids is 1. The van der Waals surface area contributed by atoms with Gasteiger partial charge in [0, 0.05) is 17.5 Å². The Hall–Kier alpha value is -4.06. The van der Waals surface area contributed by atoms with E-state index in [1.54, 1.807) is 0 Å². The van der Waals surface area contributed by atoms with Crippen molar-refractivity contribution >= 4 is 28.4 Å². The number of benzene rings is 3. The van der Waals surface area contributed by atoms with Crippen LogP contribution in [0.15, 0.2) is 84.9 Å². The van der Waals surface area contributed by atoms with Crippen LogP contribution in [0.3, 0.4) is 0 Å². The molecule has 178 valence electrons. The van der Waals surface area contributed by atoms with Gasteiger partial charge in [0.1, 0.15) is 11.6 Å². The molecule has 6 nitrogen and oxygen atoms in total. The molecule has 35 heavy (non-hydrogen) atoms. The standard InChI is InChI=1S/C29H30N4O2/c1-20-19-28(32-25-12-6-5-11-24(20)25)30-21-15-17-22(18-16-21)31-29(34)33-26-13-7-8-14-27(26)35-23-9-3-2-4-10-23/h2-14,19,21-22H,15-18H2,1H3,(H,30,32)(H2,31,33,34)/t21-,22+. The average molecular weight is 467 g/mol. The molecule has 3 aromatic carbocycles. The Kier molecular flexibility index (Phi) is 6.80. The summed E-state index contributed by atoms with van der Waals surface area (Å²) in [4.78, 5) is 17.5. The topological polar surface area (TPSA) is 75.3 Å². The monoisotopic (exact) mass is 466 g/mol. The highest BCUT2D eigenvalue weighted by Crippen LogP contribution is 2.29. The molecule has 1 saturated carbocycles. The Morgan fingerprint density at radius 2 is 1.54 bits per heavy atom. The number of nitrogens with zero attached hydrogens (tertiary/aromatic N) is 1. The molecule has 0 radical (unpaired) electrons. The van der Waals surface area contributed by atoms with Crippen LogP contribution >= 0.6 is 0 Å². The van der Waals surface area contributed by atoms with Crippen molar-refractivity contribution in [1.82, 2.24) is 10.3 Å². The molecule has 0 atom stereocenters. The van der Waals surface area contributed by atoms with Gasteiger partial charge in [-0.2, -0.15) is 0 Å². The van der Waals surface area contributed by atoms with E-state index >= 15 is 0 Å². The van der Waals surface area contributed by atoms with Crippen LogP contribution in [0.1, 0.15) is 31.2 Å². The van der Waals surface area contributed by atoms with Crippen molar-refractivity contribution in [1.29, 1.82) is 0 Å². The van der Waals surface area contributed by atoms with E-state index < -0.39 is 0 Å².